The van der Waals surface area contributed by atoms with Gasteiger partial charge in [-0.05, 0) is 44.7 Å². The second-order valence-corrected chi connectivity index (χ2v) is 4.84. The Bertz CT molecular complexity index is 225. The quantitative estimate of drug-likeness (QED) is 0.662. The molecular weight excluding hydrogens is 172 g/mol. The molecule has 1 spiro atoms. The highest BCUT2D eigenvalue weighted by molar-refractivity contribution is 5.27. The molecule has 0 aromatic rings. The van der Waals surface area contributed by atoms with Gasteiger partial charge in [0.15, 0.2) is 0 Å². The molecule has 1 aliphatic heterocycles. The normalized spacial score (nSPS) is 40.6. The van der Waals surface area contributed by atoms with Crippen molar-refractivity contribution in [1.29, 1.82) is 0 Å². The van der Waals surface area contributed by atoms with Crippen molar-refractivity contribution in [2.45, 2.75) is 31.6 Å². The monoisotopic (exact) mass is 187 g/mol. The zero-order valence-electron chi connectivity index (χ0n) is 7.65. The highest BCUT2D eigenvalue weighted by Gasteiger charge is 2.86. The van der Waals surface area contributed by atoms with Gasteiger partial charge in [-0.25, -0.2) is 8.78 Å². The molecule has 1 nitrogen and oxygen atoms in total. The van der Waals surface area contributed by atoms with Crippen LogP contribution in [0.4, 0.5) is 8.78 Å². The smallest absolute Gasteiger partial charge is 0.257 e. The number of piperidine rings is 1. The van der Waals surface area contributed by atoms with Gasteiger partial charge >= 0.3 is 0 Å². The summed E-state index contributed by atoms with van der Waals surface area (Å²) in [6.07, 6.45) is 3.49. The largest absolute Gasteiger partial charge is 0.317 e. The van der Waals surface area contributed by atoms with E-state index < -0.39 is 11.3 Å². The average molecular weight is 187 g/mol. The summed E-state index contributed by atoms with van der Waals surface area (Å²) in [6.45, 7) is 1.88. The van der Waals surface area contributed by atoms with Crippen LogP contribution in [0.25, 0.3) is 0 Å². The molecule has 2 aliphatic carbocycles. The lowest BCUT2D eigenvalue weighted by molar-refractivity contribution is 0.0668. The number of halogens is 2. The molecule has 3 aliphatic rings. The molecule has 3 heteroatoms. The second kappa shape index (κ2) is 2.25. The van der Waals surface area contributed by atoms with Gasteiger partial charge < -0.3 is 5.32 Å². The molecule has 1 unspecified atom stereocenters. The number of hydrogen-bond donors (Lipinski definition) is 1. The molecule has 0 aromatic heterocycles. The summed E-state index contributed by atoms with van der Waals surface area (Å²) in [5.41, 5.74) is -0.491. The van der Waals surface area contributed by atoms with Crippen molar-refractivity contribution >= 4 is 0 Å². The molecule has 2 saturated carbocycles. The number of rotatable bonds is 1. The summed E-state index contributed by atoms with van der Waals surface area (Å²) in [6, 6.07) is 0. The SMILES string of the molecule is FC1(F)C(C2CCNCC2)C12CC2. The van der Waals surface area contributed by atoms with Gasteiger partial charge in [0.05, 0.1) is 0 Å². The van der Waals surface area contributed by atoms with Gasteiger partial charge in [0.25, 0.3) is 5.92 Å². The van der Waals surface area contributed by atoms with E-state index in [0.717, 1.165) is 38.8 Å². The Morgan fingerprint density at radius 1 is 1.08 bits per heavy atom. The average Bonchev–Trinajstić information content (AvgIpc) is 2.95. The van der Waals surface area contributed by atoms with Crippen LogP contribution >= 0.6 is 0 Å². The lowest BCUT2D eigenvalue weighted by Gasteiger charge is -2.22. The molecule has 74 valence electrons. The van der Waals surface area contributed by atoms with Gasteiger partial charge in [-0.3, -0.25) is 0 Å². The lowest BCUT2D eigenvalue weighted by Crippen LogP contribution is -2.29. The topological polar surface area (TPSA) is 12.0 Å². The van der Waals surface area contributed by atoms with E-state index in [1.165, 1.54) is 0 Å². The van der Waals surface area contributed by atoms with Crippen LogP contribution in [0.15, 0.2) is 0 Å². The van der Waals surface area contributed by atoms with Gasteiger partial charge in [-0.15, -0.1) is 0 Å². The van der Waals surface area contributed by atoms with E-state index in [0.29, 0.717) is 5.92 Å². The highest BCUT2D eigenvalue weighted by Crippen LogP contribution is 2.82. The van der Waals surface area contributed by atoms with Crippen LogP contribution in [-0.2, 0) is 0 Å². The minimum atomic E-state index is -2.30. The molecule has 0 aromatic carbocycles. The Balaban J connectivity index is 1.73. The molecule has 1 N–H and O–H groups in total. The van der Waals surface area contributed by atoms with Gasteiger partial charge in [0.2, 0.25) is 0 Å². The number of nitrogens with one attached hydrogen (secondary N) is 1. The minimum absolute atomic E-state index is 0.248. The van der Waals surface area contributed by atoms with E-state index in [2.05, 4.69) is 5.32 Å². The molecule has 3 rings (SSSR count). The summed E-state index contributed by atoms with van der Waals surface area (Å²) < 4.78 is 26.8. The van der Waals surface area contributed by atoms with Gasteiger partial charge in [0.1, 0.15) is 0 Å². The molecule has 0 amide bonds. The first kappa shape index (κ1) is 8.16. The zero-order chi connectivity index (χ0) is 9.10. The predicted molar refractivity (Wildman–Crippen MR) is 45.7 cm³/mol. The van der Waals surface area contributed by atoms with Crippen molar-refractivity contribution in [2.24, 2.45) is 17.3 Å². The van der Waals surface area contributed by atoms with Crippen molar-refractivity contribution in [2.75, 3.05) is 13.1 Å². The van der Waals surface area contributed by atoms with Gasteiger partial charge in [-0.2, -0.15) is 0 Å². The molecule has 0 radical (unpaired) electrons. The molecular formula is C10H15F2N. The standard InChI is InChI=1S/C10H15F2N/c11-10(12)8(9(10)3-4-9)7-1-5-13-6-2-7/h7-8,13H,1-6H2. The fourth-order valence-corrected chi connectivity index (χ4v) is 3.24. The molecule has 1 atom stereocenters. The van der Waals surface area contributed by atoms with Crippen LogP contribution in [0.5, 0.6) is 0 Å². The van der Waals surface area contributed by atoms with Crippen LogP contribution in [0.3, 0.4) is 0 Å². The highest BCUT2D eigenvalue weighted by atomic mass is 19.3. The Morgan fingerprint density at radius 3 is 2.15 bits per heavy atom. The van der Waals surface area contributed by atoms with Gasteiger partial charge in [-0.1, -0.05) is 0 Å². The Kier molecular flexibility index (Phi) is 1.41. The maximum absolute atomic E-state index is 13.4. The Hall–Kier alpha value is -0.180. The summed E-state index contributed by atoms with van der Waals surface area (Å²) in [4.78, 5) is 0. The Morgan fingerprint density at radius 2 is 1.69 bits per heavy atom. The van der Waals surface area contributed by atoms with Crippen molar-refractivity contribution in [1.82, 2.24) is 5.32 Å². The van der Waals surface area contributed by atoms with Gasteiger partial charge in [0, 0.05) is 11.3 Å². The molecule has 1 saturated heterocycles. The lowest BCUT2D eigenvalue weighted by atomic mass is 9.91. The third kappa shape index (κ3) is 0.888. The third-order valence-electron chi connectivity index (χ3n) is 4.21. The summed E-state index contributed by atoms with van der Waals surface area (Å²) in [5.74, 6) is -2.24. The predicted octanol–water partition coefficient (Wildman–Crippen LogP) is 2.03. The van der Waals surface area contributed by atoms with Crippen molar-refractivity contribution in [3.63, 3.8) is 0 Å². The van der Waals surface area contributed by atoms with Crippen LogP contribution in [0, 0.1) is 17.3 Å². The fourth-order valence-electron chi connectivity index (χ4n) is 3.24. The minimum Gasteiger partial charge on any atom is -0.317 e. The maximum atomic E-state index is 13.4. The number of hydrogen-bond acceptors (Lipinski definition) is 1. The van der Waals surface area contributed by atoms with Crippen LogP contribution in [-0.4, -0.2) is 19.0 Å². The van der Waals surface area contributed by atoms with E-state index in [9.17, 15) is 8.78 Å². The van der Waals surface area contributed by atoms with Crippen molar-refractivity contribution in [3.05, 3.63) is 0 Å². The maximum Gasteiger partial charge on any atom is 0.257 e. The van der Waals surface area contributed by atoms with Crippen molar-refractivity contribution in [3.8, 4) is 0 Å². The van der Waals surface area contributed by atoms with E-state index in [-0.39, 0.29) is 5.92 Å². The first-order valence-corrected chi connectivity index (χ1v) is 5.27. The van der Waals surface area contributed by atoms with Crippen molar-refractivity contribution < 1.29 is 8.78 Å². The molecule has 13 heavy (non-hydrogen) atoms. The molecule has 1 heterocycles. The molecule has 0 bridgehead atoms. The summed E-state index contributed by atoms with van der Waals surface area (Å²) in [7, 11) is 0. The summed E-state index contributed by atoms with van der Waals surface area (Å²) >= 11 is 0. The Labute approximate surface area is 76.9 Å². The number of alkyl halides is 2. The van der Waals surface area contributed by atoms with Crippen LogP contribution in [0.1, 0.15) is 25.7 Å². The van der Waals surface area contributed by atoms with Crippen LogP contribution < -0.4 is 5.32 Å². The second-order valence-electron chi connectivity index (χ2n) is 4.84. The van der Waals surface area contributed by atoms with Crippen LogP contribution in [0.2, 0.25) is 0 Å². The summed E-state index contributed by atoms with van der Waals surface area (Å²) in [5, 5.41) is 3.23. The van der Waals surface area contributed by atoms with E-state index in [1.807, 2.05) is 0 Å². The zero-order valence-corrected chi connectivity index (χ0v) is 7.65. The van der Waals surface area contributed by atoms with E-state index in [1.54, 1.807) is 0 Å². The first-order valence-electron chi connectivity index (χ1n) is 5.27. The first-order chi connectivity index (χ1) is 6.18. The molecule has 3 fully saturated rings. The van der Waals surface area contributed by atoms with E-state index >= 15 is 0 Å². The van der Waals surface area contributed by atoms with E-state index in [4.69, 9.17) is 0 Å². The third-order valence-corrected chi connectivity index (χ3v) is 4.21. The fraction of sp³-hybridized carbons (Fsp3) is 1.00.